The number of aliphatic carboxylic acids is 1. The molecule has 0 bridgehead atoms. The fourth-order valence-electron chi connectivity index (χ4n) is 0.572. The lowest BCUT2D eigenvalue weighted by Gasteiger charge is -2.15. The van der Waals surface area contributed by atoms with Gasteiger partial charge < -0.3 is 10.2 Å². The van der Waals surface area contributed by atoms with Gasteiger partial charge in [0.2, 0.25) is 0 Å². The lowest BCUT2D eigenvalue weighted by molar-refractivity contribution is -0.154. The molecule has 0 spiro atoms. The summed E-state index contributed by atoms with van der Waals surface area (Å²) in [5, 5.41) is 17.2. The molecule has 0 amide bonds. The summed E-state index contributed by atoms with van der Waals surface area (Å²) >= 11 is 0. The van der Waals surface area contributed by atoms with Crippen LogP contribution in [0, 0.1) is 0 Å². The second-order valence-corrected chi connectivity index (χ2v) is 4.79. The minimum absolute atomic E-state index is 0.769. The zero-order chi connectivity index (χ0) is 9.28. The van der Waals surface area contributed by atoms with Gasteiger partial charge in [-0.2, -0.15) is 0 Å². The number of hydrogen-bond donors (Lipinski definition) is 2. The van der Waals surface area contributed by atoms with E-state index in [1.54, 1.807) is 0 Å². The van der Waals surface area contributed by atoms with Gasteiger partial charge in [-0.05, 0) is 6.92 Å². The van der Waals surface area contributed by atoms with E-state index in [2.05, 4.69) is 0 Å². The number of rotatable bonds is 3. The van der Waals surface area contributed by atoms with E-state index >= 15 is 0 Å². The molecule has 0 aliphatic rings. The Morgan fingerprint density at radius 2 is 1.91 bits per heavy atom. The van der Waals surface area contributed by atoms with Crippen molar-refractivity contribution in [3.63, 3.8) is 0 Å². The highest BCUT2D eigenvalue weighted by molar-refractivity contribution is 7.90. The van der Waals surface area contributed by atoms with Crippen molar-refractivity contribution in [2.45, 2.75) is 12.5 Å². The molecule has 6 heteroatoms. The van der Waals surface area contributed by atoms with Gasteiger partial charge in [-0.15, -0.1) is 0 Å². The van der Waals surface area contributed by atoms with Crippen LogP contribution < -0.4 is 0 Å². The van der Waals surface area contributed by atoms with Gasteiger partial charge in [0.15, 0.2) is 15.4 Å². The molecule has 0 saturated carbocycles. The maximum Gasteiger partial charge on any atom is 0.336 e. The molecule has 11 heavy (non-hydrogen) atoms. The number of aliphatic hydroxyl groups is 1. The molecule has 0 heterocycles. The van der Waals surface area contributed by atoms with Gasteiger partial charge in [0, 0.05) is 6.26 Å². The highest BCUT2D eigenvalue weighted by Gasteiger charge is 2.33. The van der Waals surface area contributed by atoms with Crippen LogP contribution in [-0.2, 0) is 14.6 Å². The average molecular weight is 182 g/mol. The van der Waals surface area contributed by atoms with E-state index in [1.165, 1.54) is 0 Å². The molecule has 5 nitrogen and oxygen atoms in total. The summed E-state index contributed by atoms with van der Waals surface area (Å²) in [6, 6.07) is 0. The normalized spacial score (nSPS) is 17.4. The van der Waals surface area contributed by atoms with Crippen molar-refractivity contribution in [3.05, 3.63) is 0 Å². The summed E-state index contributed by atoms with van der Waals surface area (Å²) < 4.78 is 21.1. The summed E-state index contributed by atoms with van der Waals surface area (Å²) in [6.45, 7) is 0.941. The van der Waals surface area contributed by atoms with Crippen LogP contribution in [0.25, 0.3) is 0 Å². The minimum Gasteiger partial charge on any atom is -0.479 e. The molecule has 0 aromatic heterocycles. The van der Waals surface area contributed by atoms with Crippen LogP contribution in [0.5, 0.6) is 0 Å². The molecule has 0 rings (SSSR count). The monoisotopic (exact) mass is 182 g/mol. The SMILES string of the molecule is C[C@](O)(CS(C)(=O)=O)C(=O)O. The molecule has 0 aliphatic heterocycles. The summed E-state index contributed by atoms with van der Waals surface area (Å²) in [7, 11) is -3.46. The maximum absolute atomic E-state index is 10.5. The Balaban J connectivity index is 4.51. The van der Waals surface area contributed by atoms with E-state index in [-0.39, 0.29) is 0 Å². The van der Waals surface area contributed by atoms with Gasteiger partial charge in [-0.25, -0.2) is 13.2 Å². The van der Waals surface area contributed by atoms with Gasteiger partial charge >= 0.3 is 5.97 Å². The van der Waals surface area contributed by atoms with Gasteiger partial charge in [0.1, 0.15) is 0 Å². The third-order valence-corrected chi connectivity index (χ3v) is 2.09. The molecular formula is C5H10O5S. The summed E-state index contributed by atoms with van der Waals surface area (Å²) in [5.74, 6) is -2.31. The zero-order valence-electron chi connectivity index (χ0n) is 6.23. The first-order chi connectivity index (χ1) is 4.65. The van der Waals surface area contributed by atoms with Crippen LogP contribution in [0.3, 0.4) is 0 Å². The zero-order valence-corrected chi connectivity index (χ0v) is 7.05. The molecule has 0 aromatic carbocycles. The quantitative estimate of drug-likeness (QED) is 0.576. The molecule has 2 N–H and O–H groups in total. The van der Waals surface area contributed by atoms with Crippen LogP contribution in [0.4, 0.5) is 0 Å². The largest absolute Gasteiger partial charge is 0.479 e. The van der Waals surface area contributed by atoms with E-state index in [1.807, 2.05) is 0 Å². The molecule has 0 saturated heterocycles. The first kappa shape index (κ1) is 10.4. The third kappa shape index (κ3) is 3.94. The molecular weight excluding hydrogens is 172 g/mol. The van der Waals surface area contributed by atoms with Crippen molar-refractivity contribution in [3.8, 4) is 0 Å². The predicted molar refractivity (Wildman–Crippen MR) is 38.0 cm³/mol. The second-order valence-electron chi connectivity index (χ2n) is 2.65. The smallest absolute Gasteiger partial charge is 0.336 e. The highest BCUT2D eigenvalue weighted by atomic mass is 32.2. The Labute approximate surface area is 64.6 Å². The molecule has 0 fully saturated rings. The minimum atomic E-state index is -3.46. The van der Waals surface area contributed by atoms with Crippen LogP contribution in [0.1, 0.15) is 6.92 Å². The van der Waals surface area contributed by atoms with Crippen molar-refractivity contribution in [1.82, 2.24) is 0 Å². The van der Waals surface area contributed by atoms with Gasteiger partial charge in [0.25, 0.3) is 0 Å². The standard InChI is InChI=1S/C5H10O5S/c1-5(8,4(6)7)3-11(2,9)10/h8H,3H2,1-2H3,(H,6,7)/t5-/m0/s1. The Morgan fingerprint density at radius 1 is 1.55 bits per heavy atom. The van der Waals surface area contributed by atoms with Crippen LogP contribution in [-0.4, -0.2) is 42.2 Å². The van der Waals surface area contributed by atoms with E-state index in [9.17, 15) is 13.2 Å². The molecule has 66 valence electrons. The molecule has 0 aliphatic carbocycles. The average Bonchev–Trinajstić information content (AvgIpc) is 1.56. The topological polar surface area (TPSA) is 91.7 Å². The van der Waals surface area contributed by atoms with Crippen molar-refractivity contribution >= 4 is 15.8 Å². The summed E-state index contributed by atoms with van der Waals surface area (Å²) in [5.41, 5.74) is -2.19. The van der Waals surface area contributed by atoms with Crippen molar-refractivity contribution in [2.75, 3.05) is 12.0 Å². The number of carboxylic acids is 1. The van der Waals surface area contributed by atoms with Crippen molar-refractivity contribution in [1.29, 1.82) is 0 Å². The third-order valence-electron chi connectivity index (χ3n) is 1.00. The maximum atomic E-state index is 10.5. The van der Waals surface area contributed by atoms with Gasteiger partial charge in [0.05, 0.1) is 5.75 Å². The van der Waals surface area contributed by atoms with Gasteiger partial charge in [-0.3, -0.25) is 0 Å². The molecule has 0 radical (unpaired) electrons. The predicted octanol–water partition coefficient (Wildman–Crippen LogP) is -1.13. The van der Waals surface area contributed by atoms with E-state index in [0.29, 0.717) is 0 Å². The number of hydrogen-bond acceptors (Lipinski definition) is 4. The first-order valence-electron chi connectivity index (χ1n) is 2.79. The van der Waals surface area contributed by atoms with E-state index in [0.717, 1.165) is 13.2 Å². The Kier molecular flexibility index (Phi) is 2.63. The first-order valence-corrected chi connectivity index (χ1v) is 4.85. The fraction of sp³-hybridized carbons (Fsp3) is 0.800. The summed E-state index contributed by atoms with van der Waals surface area (Å²) in [4.78, 5) is 10.2. The Bertz CT molecular complexity index is 250. The molecule has 0 aromatic rings. The number of carbonyl (C=O) groups is 1. The van der Waals surface area contributed by atoms with Gasteiger partial charge in [-0.1, -0.05) is 0 Å². The summed E-state index contributed by atoms with van der Waals surface area (Å²) in [6.07, 6.45) is 0.865. The van der Waals surface area contributed by atoms with E-state index < -0.39 is 27.2 Å². The lowest BCUT2D eigenvalue weighted by atomic mass is 10.1. The lowest BCUT2D eigenvalue weighted by Crippen LogP contribution is -2.41. The Hall–Kier alpha value is -0.620. The second kappa shape index (κ2) is 2.78. The van der Waals surface area contributed by atoms with Crippen LogP contribution >= 0.6 is 0 Å². The van der Waals surface area contributed by atoms with E-state index in [4.69, 9.17) is 10.2 Å². The van der Waals surface area contributed by atoms with Crippen LogP contribution in [0.15, 0.2) is 0 Å². The number of carboxylic acid groups (broad SMARTS) is 1. The molecule has 0 unspecified atom stereocenters. The highest BCUT2D eigenvalue weighted by Crippen LogP contribution is 2.06. The van der Waals surface area contributed by atoms with Crippen molar-refractivity contribution < 1.29 is 23.4 Å². The van der Waals surface area contributed by atoms with Crippen molar-refractivity contribution in [2.24, 2.45) is 0 Å². The Morgan fingerprint density at radius 3 is 2.00 bits per heavy atom. The fourth-order valence-corrected chi connectivity index (χ4v) is 1.72. The molecule has 1 atom stereocenters. The van der Waals surface area contributed by atoms with Crippen LogP contribution in [0.2, 0.25) is 0 Å². The number of sulfone groups is 1.